The van der Waals surface area contributed by atoms with Gasteiger partial charge >= 0.3 is 12.1 Å². The number of aliphatic carboxylic acids is 1. The summed E-state index contributed by atoms with van der Waals surface area (Å²) in [6.45, 7) is 0.303. The number of aryl methyl sites for hydroxylation is 1. The predicted molar refractivity (Wildman–Crippen MR) is 101 cm³/mol. The van der Waals surface area contributed by atoms with Crippen LogP contribution in [-0.4, -0.2) is 28.9 Å². The summed E-state index contributed by atoms with van der Waals surface area (Å²) in [5.41, 5.74) is -1.20. The number of halogens is 3. The van der Waals surface area contributed by atoms with Crippen LogP contribution in [0.5, 0.6) is 0 Å². The average Bonchev–Trinajstić information content (AvgIpc) is 2.67. The van der Waals surface area contributed by atoms with Gasteiger partial charge in [-0.15, -0.1) is 0 Å². The van der Waals surface area contributed by atoms with E-state index in [0.717, 1.165) is 31.2 Å². The Kier molecular flexibility index (Phi) is 7.37. The third-order valence-corrected chi connectivity index (χ3v) is 4.04. The van der Waals surface area contributed by atoms with Crippen LogP contribution in [-0.2, 0) is 17.4 Å². The molecule has 0 bridgehead atoms. The quantitative estimate of drug-likeness (QED) is 0.283. The molecule has 0 heterocycles. The maximum Gasteiger partial charge on any atom is 0.417 e. The van der Waals surface area contributed by atoms with Gasteiger partial charge in [-0.25, -0.2) is 4.79 Å². The largest absolute Gasteiger partial charge is 0.506 e. The fourth-order valence-corrected chi connectivity index (χ4v) is 2.63. The molecule has 7 heteroatoms. The SMILES string of the molecule is O=C(O)C(C=NCCCCc1ccccc1)=C(O)c1ccccc1C(F)(F)F. The van der Waals surface area contributed by atoms with Crippen molar-refractivity contribution in [3.63, 3.8) is 0 Å². The fraction of sp³-hybridized carbons (Fsp3) is 0.238. The smallest absolute Gasteiger partial charge is 0.417 e. The van der Waals surface area contributed by atoms with Gasteiger partial charge in [0.2, 0.25) is 0 Å². The molecule has 148 valence electrons. The molecule has 2 rings (SSSR count). The lowest BCUT2D eigenvalue weighted by molar-refractivity contribution is -0.138. The van der Waals surface area contributed by atoms with Gasteiger partial charge in [-0.3, -0.25) is 4.99 Å². The molecule has 0 amide bonds. The number of unbranched alkanes of at least 4 members (excludes halogenated alkanes) is 1. The van der Waals surface area contributed by atoms with Gasteiger partial charge in [0.05, 0.1) is 5.56 Å². The van der Waals surface area contributed by atoms with Gasteiger partial charge in [-0.2, -0.15) is 13.2 Å². The number of nitrogens with zero attached hydrogens (tertiary/aromatic N) is 1. The first-order valence-corrected chi connectivity index (χ1v) is 8.67. The zero-order valence-corrected chi connectivity index (χ0v) is 15.0. The molecule has 0 saturated carbocycles. The molecule has 0 aliphatic heterocycles. The van der Waals surface area contributed by atoms with Crippen molar-refractivity contribution in [2.75, 3.05) is 6.54 Å². The number of benzene rings is 2. The summed E-state index contributed by atoms with van der Waals surface area (Å²) in [4.78, 5) is 15.3. The van der Waals surface area contributed by atoms with Gasteiger partial charge in [0, 0.05) is 18.3 Å². The summed E-state index contributed by atoms with van der Waals surface area (Å²) >= 11 is 0. The summed E-state index contributed by atoms with van der Waals surface area (Å²) in [5, 5.41) is 19.4. The number of aliphatic hydroxyl groups excluding tert-OH is 1. The van der Waals surface area contributed by atoms with E-state index in [-0.39, 0.29) is 0 Å². The number of aliphatic hydroxyl groups is 1. The Morgan fingerprint density at radius 2 is 1.61 bits per heavy atom. The van der Waals surface area contributed by atoms with Gasteiger partial charge in [0.25, 0.3) is 0 Å². The number of carboxylic acids is 1. The van der Waals surface area contributed by atoms with Crippen LogP contribution < -0.4 is 0 Å². The van der Waals surface area contributed by atoms with E-state index < -0.39 is 34.6 Å². The van der Waals surface area contributed by atoms with E-state index in [1.54, 1.807) is 0 Å². The average molecular weight is 391 g/mol. The second kappa shape index (κ2) is 9.73. The van der Waals surface area contributed by atoms with Crippen LogP contribution >= 0.6 is 0 Å². The maximum absolute atomic E-state index is 13.1. The van der Waals surface area contributed by atoms with Gasteiger partial charge in [0.15, 0.2) is 0 Å². The van der Waals surface area contributed by atoms with Crippen molar-refractivity contribution in [3.8, 4) is 0 Å². The Hall–Kier alpha value is -3.09. The van der Waals surface area contributed by atoms with E-state index in [0.29, 0.717) is 13.0 Å². The molecular weight excluding hydrogens is 371 g/mol. The zero-order valence-electron chi connectivity index (χ0n) is 15.0. The molecule has 0 spiro atoms. The van der Waals surface area contributed by atoms with Crippen LogP contribution in [0.4, 0.5) is 13.2 Å². The second-order valence-electron chi connectivity index (χ2n) is 6.09. The van der Waals surface area contributed by atoms with Gasteiger partial charge in [-0.1, -0.05) is 48.5 Å². The molecule has 4 nitrogen and oxygen atoms in total. The molecule has 2 aromatic rings. The minimum Gasteiger partial charge on any atom is -0.506 e. The van der Waals surface area contributed by atoms with Crippen LogP contribution in [0.15, 0.2) is 65.2 Å². The first-order valence-electron chi connectivity index (χ1n) is 8.67. The van der Waals surface area contributed by atoms with E-state index >= 15 is 0 Å². The standard InChI is InChI=1S/C21H20F3NO3/c22-21(23,24)18-12-5-4-11-16(18)19(26)17(20(27)28)14-25-13-7-6-10-15-8-2-1-3-9-15/h1-5,8-9,11-12,14,26H,6-7,10,13H2,(H,27,28). The lowest BCUT2D eigenvalue weighted by Crippen LogP contribution is -2.12. The van der Waals surface area contributed by atoms with E-state index in [1.165, 1.54) is 17.7 Å². The van der Waals surface area contributed by atoms with E-state index in [4.69, 9.17) is 0 Å². The number of aliphatic imine (C=N–C) groups is 1. The Morgan fingerprint density at radius 3 is 2.25 bits per heavy atom. The molecule has 2 aromatic carbocycles. The van der Waals surface area contributed by atoms with E-state index in [2.05, 4.69) is 4.99 Å². The molecule has 0 aromatic heterocycles. The highest BCUT2D eigenvalue weighted by atomic mass is 19.4. The summed E-state index contributed by atoms with van der Waals surface area (Å²) in [6, 6.07) is 14.1. The van der Waals surface area contributed by atoms with E-state index in [1.807, 2.05) is 30.3 Å². The van der Waals surface area contributed by atoms with Crippen molar-refractivity contribution in [3.05, 3.63) is 76.9 Å². The number of carbonyl (C=O) groups is 1. The van der Waals surface area contributed by atoms with Crippen LogP contribution in [0.3, 0.4) is 0 Å². The number of rotatable bonds is 8. The van der Waals surface area contributed by atoms with Crippen molar-refractivity contribution in [2.24, 2.45) is 4.99 Å². The van der Waals surface area contributed by atoms with Crippen molar-refractivity contribution in [1.29, 1.82) is 0 Å². The lowest BCUT2D eigenvalue weighted by Gasteiger charge is -2.12. The fourth-order valence-electron chi connectivity index (χ4n) is 2.63. The first-order chi connectivity index (χ1) is 13.3. The topological polar surface area (TPSA) is 69.9 Å². The number of carboxylic acid groups (broad SMARTS) is 1. The monoisotopic (exact) mass is 391 g/mol. The van der Waals surface area contributed by atoms with Crippen LogP contribution in [0.25, 0.3) is 5.76 Å². The molecule has 0 unspecified atom stereocenters. The molecular formula is C21H20F3NO3. The summed E-state index contributed by atoms with van der Waals surface area (Å²) in [7, 11) is 0. The lowest BCUT2D eigenvalue weighted by atomic mass is 10.0. The summed E-state index contributed by atoms with van der Waals surface area (Å²) < 4.78 is 39.3. The Labute approximate surface area is 160 Å². The number of hydrogen-bond acceptors (Lipinski definition) is 3. The summed E-state index contributed by atoms with van der Waals surface area (Å²) in [5.74, 6) is -2.52. The van der Waals surface area contributed by atoms with Crippen molar-refractivity contribution >= 4 is 17.9 Å². The van der Waals surface area contributed by atoms with Crippen LogP contribution in [0.1, 0.15) is 29.5 Å². The van der Waals surface area contributed by atoms with Gasteiger partial charge < -0.3 is 10.2 Å². The predicted octanol–water partition coefficient (Wildman–Crippen LogP) is 5.15. The minimum absolute atomic E-state index is 0.303. The van der Waals surface area contributed by atoms with E-state index in [9.17, 15) is 28.2 Å². The second-order valence-corrected chi connectivity index (χ2v) is 6.09. The molecule has 0 saturated heterocycles. The van der Waals surface area contributed by atoms with Crippen molar-refractivity contribution in [2.45, 2.75) is 25.4 Å². The van der Waals surface area contributed by atoms with Crippen LogP contribution in [0, 0.1) is 0 Å². The highest BCUT2D eigenvalue weighted by Gasteiger charge is 2.34. The Morgan fingerprint density at radius 1 is 0.964 bits per heavy atom. The Balaban J connectivity index is 2.08. The van der Waals surface area contributed by atoms with Crippen LogP contribution in [0.2, 0.25) is 0 Å². The molecule has 28 heavy (non-hydrogen) atoms. The third kappa shape index (κ3) is 5.97. The minimum atomic E-state index is -4.72. The molecule has 2 N–H and O–H groups in total. The maximum atomic E-state index is 13.1. The summed E-state index contributed by atoms with van der Waals surface area (Å²) in [6.07, 6.45) is -1.45. The molecule has 0 aliphatic carbocycles. The highest BCUT2D eigenvalue weighted by molar-refractivity contribution is 6.14. The molecule has 0 radical (unpaired) electrons. The van der Waals surface area contributed by atoms with Crippen molar-refractivity contribution < 1.29 is 28.2 Å². The van der Waals surface area contributed by atoms with Gasteiger partial charge in [-0.05, 0) is 30.9 Å². The normalized spacial score (nSPS) is 12.8. The zero-order chi connectivity index (χ0) is 20.6. The molecule has 0 fully saturated rings. The molecule has 0 aliphatic rings. The van der Waals surface area contributed by atoms with Gasteiger partial charge in [0.1, 0.15) is 11.3 Å². The molecule has 0 atom stereocenters. The third-order valence-electron chi connectivity index (χ3n) is 4.04. The first kappa shape index (κ1) is 21.2. The number of hydrogen-bond donors (Lipinski definition) is 2. The Bertz CT molecular complexity index is 859. The van der Waals surface area contributed by atoms with Crippen molar-refractivity contribution in [1.82, 2.24) is 0 Å². The number of alkyl halides is 3. The highest BCUT2D eigenvalue weighted by Crippen LogP contribution is 2.34.